The lowest BCUT2D eigenvalue weighted by molar-refractivity contribution is 0.661. The van der Waals surface area contributed by atoms with Gasteiger partial charge in [0.05, 0.1) is 11.4 Å². The molecular weight excluding hydrogens is 745 g/mol. The zero-order valence-corrected chi connectivity index (χ0v) is 34.1. The van der Waals surface area contributed by atoms with Gasteiger partial charge in [0, 0.05) is 42.3 Å². The average Bonchev–Trinajstić information content (AvgIpc) is 3.79. The van der Waals surface area contributed by atoms with Crippen LogP contribution in [0.2, 0.25) is 0 Å². The van der Waals surface area contributed by atoms with Crippen molar-refractivity contribution in [3.63, 3.8) is 0 Å². The van der Waals surface area contributed by atoms with Crippen LogP contribution < -0.4 is 0 Å². The molecule has 3 heteroatoms. The largest absolute Gasteiger partial charge is 0.228 e. The van der Waals surface area contributed by atoms with Crippen LogP contribution in [0.4, 0.5) is 0 Å². The van der Waals surface area contributed by atoms with Crippen LogP contribution in [0.1, 0.15) is 25.0 Å². The second kappa shape index (κ2) is 13.4. The number of hydrogen-bond donors (Lipinski definition) is 0. The second-order valence-electron chi connectivity index (χ2n) is 16.5. The van der Waals surface area contributed by atoms with E-state index >= 15 is 0 Å². The van der Waals surface area contributed by atoms with Crippen LogP contribution in [0.15, 0.2) is 194 Å². The van der Waals surface area contributed by atoms with Gasteiger partial charge < -0.3 is 0 Å². The molecule has 1 aliphatic carbocycles. The number of nitrogens with zero attached hydrogens (tertiary/aromatic N) is 2. The van der Waals surface area contributed by atoms with Crippen molar-refractivity contribution in [3.8, 4) is 67.3 Å². The van der Waals surface area contributed by atoms with Crippen LogP contribution >= 0.6 is 11.3 Å². The molecule has 282 valence electrons. The van der Waals surface area contributed by atoms with Crippen LogP contribution in [0.5, 0.6) is 0 Å². The molecule has 0 amide bonds. The molecule has 11 aromatic rings. The van der Waals surface area contributed by atoms with Gasteiger partial charge in [0.2, 0.25) is 0 Å². The van der Waals surface area contributed by atoms with Gasteiger partial charge in [-0.05, 0) is 102 Å². The van der Waals surface area contributed by atoms with E-state index in [9.17, 15) is 0 Å². The van der Waals surface area contributed by atoms with Crippen molar-refractivity contribution < 1.29 is 0 Å². The summed E-state index contributed by atoms with van der Waals surface area (Å²) in [5.74, 6) is 0.709. The van der Waals surface area contributed by atoms with E-state index in [1.165, 1.54) is 75.3 Å². The van der Waals surface area contributed by atoms with Crippen molar-refractivity contribution in [2.45, 2.75) is 19.3 Å². The highest BCUT2D eigenvalue weighted by Gasteiger charge is 2.37. The number of thiophene rings is 1. The fourth-order valence-electron chi connectivity index (χ4n) is 9.67. The maximum Gasteiger partial charge on any atom is 0.160 e. The van der Waals surface area contributed by atoms with E-state index in [0.29, 0.717) is 5.82 Å². The van der Waals surface area contributed by atoms with E-state index in [-0.39, 0.29) is 5.41 Å². The Morgan fingerprint density at radius 2 is 1.00 bits per heavy atom. The van der Waals surface area contributed by atoms with E-state index in [1.807, 2.05) is 17.4 Å². The SMILES string of the molecule is CC1(C)c2cc3ccccc3cc2-c2c(-c3ccc(-c4cc(-c5cccc(-c6ccc7c(c6)sc6ccccc67)c5)nc(-c5ccccc5)n4)c4ccccc34)cccc21. The van der Waals surface area contributed by atoms with Crippen LogP contribution in [0.3, 0.4) is 0 Å². The first kappa shape index (κ1) is 34.8. The molecule has 0 radical (unpaired) electrons. The van der Waals surface area contributed by atoms with Gasteiger partial charge in [-0.1, -0.05) is 172 Å². The Labute approximate surface area is 353 Å². The molecule has 0 saturated heterocycles. The van der Waals surface area contributed by atoms with Gasteiger partial charge in [0.15, 0.2) is 5.82 Å². The van der Waals surface area contributed by atoms with Crippen molar-refractivity contribution in [2.24, 2.45) is 0 Å². The third-order valence-corrected chi connectivity index (χ3v) is 13.8. The first-order chi connectivity index (χ1) is 29.5. The third-order valence-electron chi connectivity index (χ3n) is 12.7. The Morgan fingerprint density at radius 1 is 0.367 bits per heavy atom. The van der Waals surface area contributed by atoms with Crippen molar-refractivity contribution in [1.82, 2.24) is 9.97 Å². The van der Waals surface area contributed by atoms with Gasteiger partial charge in [-0.2, -0.15) is 0 Å². The van der Waals surface area contributed by atoms with E-state index in [0.717, 1.165) is 39.0 Å². The predicted molar refractivity (Wildman–Crippen MR) is 255 cm³/mol. The third kappa shape index (κ3) is 5.47. The van der Waals surface area contributed by atoms with Gasteiger partial charge >= 0.3 is 0 Å². The van der Waals surface area contributed by atoms with E-state index < -0.39 is 0 Å². The second-order valence-corrected chi connectivity index (χ2v) is 17.6. The fraction of sp³-hybridized carbons (Fsp3) is 0.0526. The Morgan fingerprint density at radius 3 is 1.85 bits per heavy atom. The quantitative estimate of drug-likeness (QED) is 0.174. The summed E-state index contributed by atoms with van der Waals surface area (Å²) in [5.41, 5.74) is 15.1. The maximum absolute atomic E-state index is 5.31. The molecule has 1 aliphatic rings. The van der Waals surface area contributed by atoms with Gasteiger partial charge in [0.1, 0.15) is 0 Å². The summed E-state index contributed by atoms with van der Waals surface area (Å²) in [5, 5.41) is 7.55. The Kier molecular flexibility index (Phi) is 7.79. The molecule has 0 bridgehead atoms. The molecule has 12 rings (SSSR count). The normalized spacial score (nSPS) is 13.0. The maximum atomic E-state index is 5.31. The number of benzene rings is 9. The van der Waals surface area contributed by atoms with Gasteiger partial charge in [-0.25, -0.2) is 9.97 Å². The molecule has 0 aliphatic heterocycles. The molecule has 0 saturated carbocycles. The molecule has 60 heavy (non-hydrogen) atoms. The van der Waals surface area contributed by atoms with Gasteiger partial charge in [0.25, 0.3) is 0 Å². The molecular formula is C57H38N2S. The zero-order valence-electron chi connectivity index (χ0n) is 33.3. The summed E-state index contributed by atoms with van der Waals surface area (Å²) in [6, 6.07) is 70.7. The number of aromatic nitrogens is 2. The summed E-state index contributed by atoms with van der Waals surface area (Å²) < 4.78 is 2.61. The summed E-state index contributed by atoms with van der Waals surface area (Å²) >= 11 is 1.85. The Balaban J connectivity index is 1.01. The number of hydrogen-bond acceptors (Lipinski definition) is 3. The van der Waals surface area contributed by atoms with Crippen molar-refractivity contribution >= 4 is 53.1 Å². The summed E-state index contributed by atoms with van der Waals surface area (Å²) in [4.78, 5) is 10.6. The van der Waals surface area contributed by atoms with E-state index in [2.05, 4.69) is 202 Å². The van der Waals surface area contributed by atoms with Gasteiger partial charge in [-0.3, -0.25) is 0 Å². The molecule has 0 unspecified atom stereocenters. The topological polar surface area (TPSA) is 25.8 Å². The predicted octanol–water partition coefficient (Wildman–Crippen LogP) is 15.8. The molecule has 0 atom stereocenters. The molecule has 2 heterocycles. The minimum absolute atomic E-state index is 0.117. The highest BCUT2D eigenvalue weighted by molar-refractivity contribution is 7.25. The minimum atomic E-state index is -0.117. The van der Waals surface area contributed by atoms with Gasteiger partial charge in [-0.15, -0.1) is 11.3 Å². The molecule has 0 fully saturated rings. The smallest absolute Gasteiger partial charge is 0.160 e. The monoisotopic (exact) mass is 782 g/mol. The van der Waals surface area contributed by atoms with Crippen LogP contribution in [-0.2, 0) is 5.41 Å². The van der Waals surface area contributed by atoms with Crippen molar-refractivity contribution in [1.29, 1.82) is 0 Å². The molecule has 2 aromatic heterocycles. The zero-order chi connectivity index (χ0) is 40.0. The first-order valence-corrected chi connectivity index (χ1v) is 21.5. The standard InChI is InChI=1S/C57H38N2S/c1-57(2)49-24-13-23-47(55(49)48-31-37-16-6-7-17-38(37)32-50(48)57)43-28-29-44(42-21-9-8-20-41(42)43)52-34-51(58-56(59-52)35-14-4-3-5-15-35)40-19-12-18-36(30-40)39-26-27-46-45-22-10-11-25-53(45)60-54(46)33-39/h3-34H,1-2H3. The van der Waals surface area contributed by atoms with Crippen molar-refractivity contribution in [2.75, 3.05) is 0 Å². The lowest BCUT2D eigenvalue weighted by Gasteiger charge is -2.22. The van der Waals surface area contributed by atoms with E-state index in [4.69, 9.17) is 9.97 Å². The minimum Gasteiger partial charge on any atom is -0.228 e. The number of rotatable bonds is 5. The molecule has 2 nitrogen and oxygen atoms in total. The van der Waals surface area contributed by atoms with Crippen molar-refractivity contribution in [3.05, 3.63) is 205 Å². The summed E-state index contributed by atoms with van der Waals surface area (Å²) in [6.07, 6.45) is 0. The Hall–Kier alpha value is -7.20. The van der Waals surface area contributed by atoms with Crippen LogP contribution in [-0.4, -0.2) is 9.97 Å². The Bertz CT molecular complexity index is 3520. The summed E-state index contributed by atoms with van der Waals surface area (Å²) in [7, 11) is 0. The first-order valence-electron chi connectivity index (χ1n) is 20.6. The molecule has 0 spiro atoms. The lowest BCUT2D eigenvalue weighted by Crippen LogP contribution is -2.14. The van der Waals surface area contributed by atoms with Crippen LogP contribution in [0.25, 0.3) is 109 Å². The highest BCUT2D eigenvalue weighted by atomic mass is 32.1. The number of fused-ring (bicyclic) bond motifs is 8. The average molecular weight is 783 g/mol. The molecule has 9 aromatic carbocycles. The van der Waals surface area contributed by atoms with Crippen LogP contribution in [0, 0.1) is 0 Å². The fourth-order valence-corrected chi connectivity index (χ4v) is 10.8. The highest BCUT2D eigenvalue weighted by Crippen LogP contribution is 2.54. The summed E-state index contributed by atoms with van der Waals surface area (Å²) in [6.45, 7) is 4.74. The lowest BCUT2D eigenvalue weighted by atomic mass is 9.81. The van der Waals surface area contributed by atoms with E-state index in [1.54, 1.807) is 0 Å². The molecule has 0 N–H and O–H groups in total.